The molecule has 0 radical (unpaired) electrons. The third-order valence-corrected chi connectivity index (χ3v) is 5.26. The molecule has 2 N–H and O–H groups in total. The van der Waals surface area contributed by atoms with Gasteiger partial charge < -0.3 is 10.6 Å². The van der Waals surface area contributed by atoms with Crippen molar-refractivity contribution in [3.8, 4) is 0 Å². The predicted octanol–water partition coefficient (Wildman–Crippen LogP) is 2.03. The zero-order valence-electron chi connectivity index (χ0n) is 13.9. The Kier molecular flexibility index (Phi) is 5.96. The van der Waals surface area contributed by atoms with E-state index in [9.17, 15) is 4.79 Å². The van der Waals surface area contributed by atoms with Crippen LogP contribution in [0.3, 0.4) is 0 Å². The minimum Gasteiger partial charge on any atom is -0.342 e. The summed E-state index contributed by atoms with van der Waals surface area (Å²) in [4.78, 5) is 19.2. The molecule has 1 saturated heterocycles. The summed E-state index contributed by atoms with van der Waals surface area (Å²) in [7, 11) is 1.99. The summed E-state index contributed by atoms with van der Waals surface area (Å²) in [5.41, 5.74) is 1.06. The molecule has 1 aliphatic rings. The number of likely N-dealkylation sites (tertiary alicyclic amines) is 1. The molecule has 1 amide bonds. The molecule has 2 aromatic rings. The first-order valence-electron chi connectivity index (χ1n) is 8.39. The quantitative estimate of drug-likeness (QED) is 0.842. The summed E-state index contributed by atoms with van der Waals surface area (Å²) in [6.07, 6.45) is 4.10. The molecular weight excluding hydrogens is 320 g/mol. The van der Waals surface area contributed by atoms with Crippen LogP contribution in [0.4, 0.5) is 0 Å². The Hall–Kier alpha value is -1.76. The summed E-state index contributed by atoms with van der Waals surface area (Å²) in [5, 5.41) is 9.34. The zero-order chi connectivity index (χ0) is 16.8. The van der Waals surface area contributed by atoms with Gasteiger partial charge in [0.05, 0.1) is 6.54 Å². The molecule has 3 rings (SSSR count). The molecule has 128 valence electrons. The lowest BCUT2D eigenvalue weighted by atomic mass is 10.1. The number of carbonyl (C=O) groups is 1. The van der Waals surface area contributed by atoms with Crippen molar-refractivity contribution in [2.45, 2.75) is 24.9 Å². The minimum absolute atomic E-state index is 0.0517. The average Bonchev–Trinajstić information content (AvgIpc) is 3.15. The van der Waals surface area contributed by atoms with Gasteiger partial charge in [-0.2, -0.15) is 0 Å². The highest BCUT2D eigenvalue weighted by atomic mass is 32.1. The Bertz CT molecular complexity index is 632. The van der Waals surface area contributed by atoms with Gasteiger partial charge in [-0.1, -0.05) is 30.3 Å². The highest BCUT2D eigenvalue weighted by Crippen LogP contribution is 2.23. The van der Waals surface area contributed by atoms with Gasteiger partial charge in [0, 0.05) is 24.2 Å². The molecule has 1 fully saturated rings. The van der Waals surface area contributed by atoms with E-state index in [4.69, 9.17) is 0 Å². The van der Waals surface area contributed by atoms with Gasteiger partial charge in [-0.3, -0.25) is 9.69 Å². The third kappa shape index (κ3) is 4.41. The van der Waals surface area contributed by atoms with Gasteiger partial charge in [-0.15, -0.1) is 11.3 Å². The van der Waals surface area contributed by atoms with Crippen molar-refractivity contribution in [2.75, 3.05) is 26.7 Å². The number of hydrogen-bond acceptors (Lipinski definition) is 5. The van der Waals surface area contributed by atoms with Gasteiger partial charge in [0.25, 0.3) is 0 Å². The highest BCUT2D eigenvalue weighted by molar-refractivity contribution is 7.09. The maximum absolute atomic E-state index is 12.6. The molecule has 0 bridgehead atoms. The first-order valence-corrected chi connectivity index (χ1v) is 9.27. The van der Waals surface area contributed by atoms with Crippen LogP contribution in [0.5, 0.6) is 0 Å². The number of thiazole rings is 1. The summed E-state index contributed by atoms with van der Waals surface area (Å²) in [5.74, 6) is 0.0517. The number of likely N-dealkylation sites (N-methyl/N-ethyl adjacent to an activating group) is 1. The normalized spacial score (nSPS) is 19.8. The van der Waals surface area contributed by atoms with Crippen molar-refractivity contribution in [1.29, 1.82) is 0 Å². The number of nitrogens with zero attached hydrogens (tertiary/aromatic N) is 2. The SMILES string of the molecule is CNC1CCCN(CC(=O)NC(c2ccccc2)c2nccs2)C1. The number of benzene rings is 1. The van der Waals surface area contributed by atoms with Gasteiger partial charge in [0.1, 0.15) is 11.0 Å². The third-order valence-electron chi connectivity index (χ3n) is 4.42. The molecule has 2 unspecified atom stereocenters. The molecule has 2 heterocycles. The maximum Gasteiger partial charge on any atom is 0.235 e. The van der Waals surface area contributed by atoms with E-state index in [1.165, 1.54) is 6.42 Å². The molecular formula is C18H24N4OS. The van der Waals surface area contributed by atoms with Crippen LogP contribution in [-0.4, -0.2) is 48.5 Å². The Morgan fingerprint density at radius 1 is 1.42 bits per heavy atom. The van der Waals surface area contributed by atoms with Crippen LogP contribution in [0.2, 0.25) is 0 Å². The maximum atomic E-state index is 12.6. The van der Waals surface area contributed by atoms with E-state index < -0.39 is 0 Å². The Morgan fingerprint density at radius 3 is 2.96 bits per heavy atom. The van der Waals surface area contributed by atoms with Crippen LogP contribution in [0, 0.1) is 0 Å². The van der Waals surface area contributed by atoms with E-state index in [-0.39, 0.29) is 11.9 Å². The summed E-state index contributed by atoms with van der Waals surface area (Å²) in [6, 6.07) is 10.3. The Balaban J connectivity index is 1.65. The van der Waals surface area contributed by atoms with Crippen LogP contribution < -0.4 is 10.6 Å². The fraction of sp³-hybridized carbons (Fsp3) is 0.444. The minimum atomic E-state index is -0.177. The fourth-order valence-corrected chi connectivity index (χ4v) is 3.87. The molecule has 0 aliphatic carbocycles. The van der Waals surface area contributed by atoms with Gasteiger partial charge >= 0.3 is 0 Å². The van der Waals surface area contributed by atoms with Crippen LogP contribution in [-0.2, 0) is 4.79 Å². The van der Waals surface area contributed by atoms with Crippen LogP contribution in [0.15, 0.2) is 41.9 Å². The largest absolute Gasteiger partial charge is 0.342 e. The molecule has 5 nitrogen and oxygen atoms in total. The van der Waals surface area contributed by atoms with Gasteiger partial charge in [0.15, 0.2) is 0 Å². The number of carbonyl (C=O) groups excluding carboxylic acids is 1. The molecule has 1 aliphatic heterocycles. The second kappa shape index (κ2) is 8.37. The van der Waals surface area contributed by atoms with Crippen molar-refractivity contribution in [3.05, 3.63) is 52.5 Å². The second-order valence-electron chi connectivity index (χ2n) is 6.14. The van der Waals surface area contributed by atoms with Gasteiger partial charge in [-0.05, 0) is 32.0 Å². The van der Waals surface area contributed by atoms with Crippen molar-refractivity contribution < 1.29 is 4.79 Å². The Morgan fingerprint density at radius 2 is 2.25 bits per heavy atom. The number of nitrogens with one attached hydrogen (secondary N) is 2. The van der Waals surface area contributed by atoms with Crippen molar-refractivity contribution in [2.24, 2.45) is 0 Å². The number of aromatic nitrogens is 1. The topological polar surface area (TPSA) is 57.3 Å². The van der Waals surface area contributed by atoms with E-state index in [0.29, 0.717) is 12.6 Å². The van der Waals surface area contributed by atoms with E-state index in [0.717, 1.165) is 30.1 Å². The molecule has 0 saturated carbocycles. The first kappa shape index (κ1) is 17.1. The van der Waals surface area contributed by atoms with E-state index in [2.05, 4.69) is 20.5 Å². The van der Waals surface area contributed by atoms with Crippen molar-refractivity contribution in [3.63, 3.8) is 0 Å². The molecule has 6 heteroatoms. The highest BCUT2D eigenvalue weighted by Gasteiger charge is 2.23. The number of rotatable bonds is 6. The number of hydrogen-bond donors (Lipinski definition) is 2. The summed E-state index contributed by atoms with van der Waals surface area (Å²) >= 11 is 1.57. The van der Waals surface area contributed by atoms with Gasteiger partial charge in [0.2, 0.25) is 5.91 Å². The first-order chi connectivity index (χ1) is 11.8. The summed E-state index contributed by atoms with van der Waals surface area (Å²) < 4.78 is 0. The lowest BCUT2D eigenvalue weighted by Crippen LogP contribution is -2.48. The standard InChI is InChI=1S/C18H24N4OS/c1-19-15-8-5-10-22(12-15)13-16(23)21-17(18-20-9-11-24-18)14-6-3-2-4-7-14/h2-4,6-7,9,11,15,17,19H,5,8,10,12-13H2,1H3,(H,21,23). The molecule has 2 atom stereocenters. The number of amides is 1. The second-order valence-corrected chi connectivity index (χ2v) is 7.07. The molecule has 24 heavy (non-hydrogen) atoms. The predicted molar refractivity (Wildman–Crippen MR) is 97.1 cm³/mol. The van der Waals surface area contributed by atoms with E-state index >= 15 is 0 Å². The van der Waals surface area contributed by atoms with E-state index in [1.807, 2.05) is 42.8 Å². The van der Waals surface area contributed by atoms with E-state index in [1.54, 1.807) is 17.5 Å². The van der Waals surface area contributed by atoms with Crippen LogP contribution in [0.1, 0.15) is 29.5 Å². The van der Waals surface area contributed by atoms with Crippen molar-refractivity contribution >= 4 is 17.2 Å². The molecule has 1 aromatic heterocycles. The zero-order valence-corrected chi connectivity index (χ0v) is 14.8. The smallest absolute Gasteiger partial charge is 0.235 e. The lowest BCUT2D eigenvalue weighted by Gasteiger charge is -2.32. The number of piperidine rings is 1. The van der Waals surface area contributed by atoms with Crippen LogP contribution >= 0.6 is 11.3 Å². The fourth-order valence-electron chi connectivity index (χ4n) is 3.15. The van der Waals surface area contributed by atoms with Gasteiger partial charge in [-0.25, -0.2) is 4.98 Å². The lowest BCUT2D eigenvalue weighted by molar-refractivity contribution is -0.123. The van der Waals surface area contributed by atoms with Crippen molar-refractivity contribution in [1.82, 2.24) is 20.5 Å². The molecule has 0 spiro atoms. The average molecular weight is 344 g/mol. The van der Waals surface area contributed by atoms with Crippen LogP contribution in [0.25, 0.3) is 0 Å². The summed E-state index contributed by atoms with van der Waals surface area (Å²) in [6.45, 7) is 2.35. The monoisotopic (exact) mass is 344 g/mol. The Labute approximate surface area is 147 Å². The molecule has 1 aromatic carbocycles.